The molecule has 18 heavy (non-hydrogen) atoms. The maximum atomic E-state index is 11.7. The van der Waals surface area contributed by atoms with Crippen molar-refractivity contribution in [1.82, 2.24) is 4.98 Å². The maximum absolute atomic E-state index is 11.7. The highest BCUT2D eigenvalue weighted by Crippen LogP contribution is 2.15. The van der Waals surface area contributed by atoms with E-state index in [1.54, 1.807) is 6.20 Å². The minimum Gasteiger partial charge on any atom is -0.325 e. The quantitative estimate of drug-likeness (QED) is 0.663. The van der Waals surface area contributed by atoms with Crippen molar-refractivity contribution >= 4 is 45.9 Å². The Hall–Kier alpha value is -1.08. The lowest BCUT2D eigenvalue weighted by atomic mass is 10.3. The Morgan fingerprint density at radius 1 is 1.22 bits per heavy atom. The summed E-state index contributed by atoms with van der Waals surface area (Å²) in [5.41, 5.74) is 0.821. The second-order valence-corrected chi connectivity index (χ2v) is 5.75. The molecule has 0 fully saturated rings. The van der Waals surface area contributed by atoms with E-state index in [1.165, 1.54) is 11.8 Å². The third kappa shape index (κ3) is 4.30. The van der Waals surface area contributed by atoms with E-state index in [0.717, 1.165) is 14.3 Å². The van der Waals surface area contributed by atoms with Crippen molar-refractivity contribution in [3.05, 3.63) is 52.2 Å². The predicted octanol–water partition coefficient (Wildman–Crippen LogP) is 3.42. The van der Waals surface area contributed by atoms with E-state index in [1.807, 2.05) is 42.5 Å². The number of anilines is 1. The van der Waals surface area contributed by atoms with Gasteiger partial charge < -0.3 is 5.32 Å². The van der Waals surface area contributed by atoms with Gasteiger partial charge >= 0.3 is 0 Å². The zero-order chi connectivity index (χ0) is 12.8. The van der Waals surface area contributed by atoms with E-state index in [4.69, 9.17) is 0 Å². The molecule has 0 saturated heterocycles. The van der Waals surface area contributed by atoms with Crippen molar-refractivity contribution in [3.8, 4) is 0 Å². The molecular weight excluding hydrogens is 359 g/mol. The van der Waals surface area contributed by atoms with Crippen LogP contribution in [0, 0.1) is 3.57 Å². The van der Waals surface area contributed by atoms with Gasteiger partial charge in [0.2, 0.25) is 5.91 Å². The molecule has 0 bridgehead atoms. The van der Waals surface area contributed by atoms with E-state index < -0.39 is 0 Å². The van der Waals surface area contributed by atoms with Crippen LogP contribution in [0.15, 0.2) is 53.7 Å². The number of thioether (sulfide) groups is 1. The lowest BCUT2D eigenvalue weighted by Gasteiger charge is -2.04. The zero-order valence-corrected chi connectivity index (χ0v) is 12.4. The number of nitrogens with zero attached hydrogens (tertiary/aromatic N) is 1. The van der Waals surface area contributed by atoms with E-state index in [9.17, 15) is 4.79 Å². The van der Waals surface area contributed by atoms with Crippen molar-refractivity contribution in [2.24, 2.45) is 0 Å². The number of rotatable bonds is 4. The van der Waals surface area contributed by atoms with Gasteiger partial charge in [-0.25, -0.2) is 4.98 Å². The van der Waals surface area contributed by atoms with Crippen molar-refractivity contribution in [1.29, 1.82) is 0 Å². The highest BCUT2D eigenvalue weighted by molar-refractivity contribution is 14.1. The van der Waals surface area contributed by atoms with E-state index in [-0.39, 0.29) is 5.91 Å². The SMILES string of the molecule is O=C(CSc1ccccn1)Nc1ccc(I)cc1. The minimum absolute atomic E-state index is 0.0214. The summed E-state index contributed by atoms with van der Waals surface area (Å²) in [6.07, 6.45) is 1.72. The Balaban J connectivity index is 1.84. The maximum Gasteiger partial charge on any atom is 0.234 e. The number of carbonyl (C=O) groups excluding carboxylic acids is 1. The van der Waals surface area contributed by atoms with Crippen LogP contribution in [0.3, 0.4) is 0 Å². The van der Waals surface area contributed by atoms with Gasteiger partial charge in [0.05, 0.1) is 10.8 Å². The Labute approximate surface area is 124 Å². The summed E-state index contributed by atoms with van der Waals surface area (Å²) in [6.45, 7) is 0. The van der Waals surface area contributed by atoms with Crippen LogP contribution in [-0.4, -0.2) is 16.6 Å². The fraction of sp³-hybridized carbons (Fsp3) is 0.0769. The molecule has 1 heterocycles. The summed E-state index contributed by atoms with van der Waals surface area (Å²) >= 11 is 3.66. The predicted molar refractivity (Wildman–Crippen MR) is 82.7 cm³/mol. The van der Waals surface area contributed by atoms with Crippen molar-refractivity contribution in [2.45, 2.75) is 5.03 Å². The topological polar surface area (TPSA) is 42.0 Å². The number of nitrogens with one attached hydrogen (secondary N) is 1. The molecule has 3 nitrogen and oxygen atoms in total. The van der Waals surface area contributed by atoms with E-state index >= 15 is 0 Å². The van der Waals surface area contributed by atoms with Gasteiger partial charge in [0, 0.05) is 15.5 Å². The first-order chi connectivity index (χ1) is 8.74. The van der Waals surface area contributed by atoms with Crippen LogP contribution in [0.5, 0.6) is 0 Å². The van der Waals surface area contributed by atoms with Gasteiger partial charge in [-0.3, -0.25) is 4.79 Å². The van der Waals surface area contributed by atoms with E-state index in [0.29, 0.717) is 5.75 Å². The van der Waals surface area contributed by atoms with Crippen molar-refractivity contribution in [2.75, 3.05) is 11.1 Å². The van der Waals surface area contributed by atoms with Gasteiger partial charge in [0.15, 0.2) is 0 Å². The van der Waals surface area contributed by atoms with Crippen molar-refractivity contribution in [3.63, 3.8) is 0 Å². The summed E-state index contributed by atoms with van der Waals surface area (Å²) < 4.78 is 1.15. The molecule has 0 aliphatic heterocycles. The summed E-state index contributed by atoms with van der Waals surface area (Å²) in [5, 5.41) is 3.71. The normalized spacial score (nSPS) is 10.1. The summed E-state index contributed by atoms with van der Waals surface area (Å²) in [5.74, 6) is 0.343. The third-order valence-electron chi connectivity index (χ3n) is 2.12. The molecule has 92 valence electrons. The zero-order valence-electron chi connectivity index (χ0n) is 9.47. The molecule has 1 aromatic heterocycles. The number of halogens is 1. The number of amides is 1. The fourth-order valence-electron chi connectivity index (χ4n) is 1.30. The van der Waals surface area contributed by atoms with Gasteiger partial charge in [-0.15, -0.1) is 0 Å². The number of hydrogen-bond acceptors (Lipinski definition) is 3. The molecule has 2 rings (SSSR count). The molecule has 5 heteroatoms. The highest BCUT2D eigenvalue weighted by Gasteiger charge is 2.03. The molecule has 0 spiro atoms. The molecule has 1 N–H and O–H groups in total. The number of carbonyl (C=O) groups is 1. The first-order valence-electron chi connectivity index (χ1n) is 5.33. The minimum atomic E-state index is -0.0214. The van der Waals surface area contributed by atoms with Crippen LogP contribution >= 0.6 is 34.4 Å². The molecule has 0 saturated carbocycles. The number of hydrogen-bond donors (Lipinski definition) is 1. The second kappa shape index (κ2) is 6.75. The monoisotopic (exact) mass is 370 g/mol. The Kier molecular flexibility index (Phi) is 5.00. The van der Waals surface area contributed by atoms with Gasteiger partial charge in [0.25, 0.3) is 0 Å². The summed E-state index contributed by atoms with van der Waals surface area (Å²) in [4.78, 5) is 15.9. The fourth-order valence-corrected chi connectivity index (χ4v) is 2.32. The van der Waals surface area contributed by atoms with Crippen LogP contribution in [0.2, 0.25) is 0 Å². The molecular formula is C13H11IN2OS. The molecule has 0 aliphatic carbocycles. The van der Waals surface area contributed by atoms with Gasteiger partial charge in [-0.1, -0.05) is 17.8 Å². The molecule has 0 unspecified atom stereocenters. The first-order valence-corrected chi connectivity index (χ1v) is 7.40. The average molecular weight is 370 g/mol. The van der Waals surface area contributed by atoms with Crippen molar-refractivity contribution < 1.29 is 4.79 Å². The van der Waals surface area contributed by atoms with Gasteiger partial charge in [-0.05, 0) is 59.0 Å². The van der Waals surface area contributed by atoms with Crippen LogP contribution < -0.4 is 5.32 Å². The largest absolute Gasteiger partial charge is 0.325 e. The highest BCUT2D eigenvalue weighted by atomic mass is 127. The van der Waals surface area contributed by atoms with Crippen LogP contribution in [0.25, 0.3) is 0 Å². The lowest BCUT2D eigenvalue weighted by Crippen LogP contribution is -2.13. The second-order valence-electron chi connectivity index (χ2n) is 3.51. The molecule has 0 aliphatic rings. The first kappa shape index (κ1) is 13.4. The smallest absolute Gasteiger partial charge is 0.234 e. The number of pyridine rings is 1. The molecule has 1 amide bonds. The molecule has 0 atom stereocenters. The Morgan fingerprint density at radius 2 is 2.00 bits per heavy atom. The summed E-state index contributed by atoms with van der Waals surface area (Å²) in [6, 6.07) is 13.4. The third-order valence-corrected chi connectivity index (χ3v) is 3.78. The average Bonchev–Trinajstić information content (AvgIpc) is 2.40. The molecule has 0 radical (unpaired) electrons. The Morgan fingerprint density at radius 3 is 2.67 bits per heavy atom. The van der Waals surface area contributed by atoms with E-state index in [2.05, 4.69) is 32.9 Å². The van der Waals surface area contributed by atoms with Gasteiger partial charge in [-0.2, -0.15) is 0 Å². The lowest BCUT2D eigenvalue weighted by molar-refractivity contribution is -0.113. The van der Waals surface area contributed by atoms with Crippen LogP contribution in [-0.2, 0) is 4.79 Å². The van der Waals surface area contributed by atoms with Crippen LogP contribution in [0.1, 0.15) is 0 Å². The molecule has 1 aromatic carbocycles. The summed E-state index contributed by atoms with van der Waals surface area (Å²) in [7, 11) is 0. The molecule has 2 aromatic rings. The van der Waals surface area contributed by atoms with Crippen LogP contribution in [0.4, 0.5) is 5.69 Å². The number of aromatic nitrogens is 1. The Bertz CT molecular complexity index is 516. The van der Waals surface area contributed by atoms with Gasteiger partial charge in [0.1, 0.15) is 0 Å². The standard InChI is InChI=1S/C13H11IN2OS/c14-10-4-6-11(7-5-10)16-12(17)9-18-13-3-1-2-8-15-13/h1-8H,9H2,(H,16,17). The number of benzene rings is 1.